The number of benzene rings is 1. The molecule has 1 aromatic heterocycles. The summed E-state index contributed by atoms with van der Waals surface area (Å²) in [5.74, 6) is 0.631. The van der Waals surface area contributed by atoms with Crippen molar-refractivity contribution in [2.75, 3.05) is 25.0 Å². The number of hydrogen-bond donors (Lipinski definition) is 2. The second-order valence-corrected chi connectivity index (χ2v) is 8.79. The number of rotatable bonds is 5. The Balaban J connectivity index is 1.29. The lowest BCUT2D eigenvalue weighted by Gasteiger charge is -2.31. The Morgan fingerprint density at radius 2 is 2.21 bits per heavy atom. The Morgan fingerprint density at radius 1 is 1.41 bits per heavy atom. The summed E-state index contributed by atoms with van der Waals surface area (Å²) in [7, 11) is 0. The zero-order valence-electron chi connectivity index (χ0n) is 16.7. The zero-order chi connectivity index (χ0) is 20.4. The average molecular weight is 415 g/mol. The van der Waals surface area contributed by atoms with Crippen LogP contribution in [0.5, 0.6) is 5.75 Å². The molecule has 2 aliphatic heterocycles. The molecule has 1 saturated heterocycles. The molecular formula is C21H26N4O3S. The lowest BCUT2D eigenvalue weighted by Crippen LogP contribution is -2.41. The third-order valence-corrected chi connectivity index (χ3v) is 6.33. The molecule has 0 radical (unpaired) electrons. The van der Waals surface area contributed by atoms with Gasteiger partial charge in [-0.1, -0.05) is 6.07 Å². The molecule has 1 atom stereocenters. The van der Waals surface area contributed by atoms with E-state index in [0.29, 0.717) is 11.4 Å². The van der Waals surface area contributed by atoms with Gasteiger partial charge in [0.05, 0.1) is 22.4 Å². The Morgan fingerprint density at radius 3 is 2.93 bits per heavy atom. The third-order valence-electron chi connectivity index (χ3n) is 5.51. The van der Waals surface area contributed by atoms with E-state index < -0.39 is 0 Å². The van der Waals surface area contributed by atoms with Gasteiger partial charge in [0.1, 0.15) is 5.75 Å². The van der Waals surface area contributed by atoms with E-state index in [9.17, 15) is 9.59 Å². The van der Waals surface area contributed by atoms with Crippen LogP contribution in [-0.4, -0.2) is 41.4 Å². The minimum absolute atomic E-state index is 0.0338. The molecule has 7 nitrogen and oxygen atoms in total. The molecule has 0 aliphatic carbocycles. The van der Waals surface area contributed by atoms with Gasteiger partial charge < -0.3 is 15.4 Å². The van der Waals surface area contributed by atoms with Crippen LogP contribution in [0, 0.1) is 12.8 Å². The number of ether oxygens (including phenoxy) is 1. The van der Waals surface area contributed by atoms with Crippen molar-refractivity contribution in [1.82, 2.24) is 15.2 Å². The van der Waals surface area contributed by atoms with Crippen LogP contribution < -0.4 is 15.4 Å². The van der Waals surface area contributed by atoms with Crippen molar-refractivity contribution in [3.05, 3.63) is 39.8 Å². The van der Waals surface area contributed by atoms with Crippen LogP contribution >= 0.6 is 11.3 Å². The quantitative estimate of drug-likeness (QED) is 0.786. The minimum Gasteiger partial charge on any atom is -0.482 e. The molecule has 4 rings (SSSR count). The Bertz CT molecular complexity index is 905. The van der Waals surface area contributed by atoms with E-state index in [2.05, 4.69) is 25.9 Å². The first-order valence-corrected chi connectivity index (χ1v) is 10.9. The van der Waals surface area contributed by atoms with E-state index >= 15 is 0 Å². The van der Waals surface area contributed by atoms with Gasteiger partial charge in [-0.3, -0.25) is 14.5 Å². The molecule has 2 aromatic rings. The molecule has 1 unspecified atom stereocenters. The number of piperidine rings is 1. The van der Waals surface area contributed by atoms with Gasteiger partial charge in [-0.25, -0.2) is 4.98 Å². The summed E-state index contributed by atoms with van der Waals surface area (Å²) in [6, 6.07) is 5.50. The largest absolute Gasteiger partial charge is 0.482 e. The molecule has 1 fully saturated rings. The van der Waals surface area contributed by atoms with Gasteiger partial charge in [0, 0.05) is 17.8 Å². The van der Waals surface area contributed by atoms with Gasteiger partial charge in [-0.15, -0.1) is 11.3 Å². The Hall–Kier alpha value is -2.45. The van der Waals surface area contributed by atoms with Gasteiger partial charge in [0.2, 0.25) is 5.91 Å². The molecule has 2 aliphatic rings. The SMILES string of the molecule is Cc1nc(CN2CCC(C(=O)NC(C)c3ccc4c(c3)NC(=O)CO4)CC2)cs1. The fourth-order valence-electron chi connectivity index (χ4n) is 3.85. The second-order valence-electron chi connectivity index (χ2n) is 7.73. The number of nitrogens with one attached hydrogen (secondary N) is 2. The summed E-state index contributed by atoms with van der Waals surface area (Å²) in [5.41, 5.74) is 2.72. The first-order valence-electron chi connectivity index (χ1n) is 9.98. The fraction of sp³-hybridized carbons (Fsp3) is 0.476. The summed E-state index contributed by atoms with van der Waals surface area (Å²) in [4.78, 5) is 31.2. The first kappa shape index (κ1) is 19.8. The highest BCUT2D eigenvalue weighted by atomic mass is 32.1. The van der Waals surface area contributed by atoms with Crippen molar-refractivity contribution >= 4 is 28.8 Å². The molecule has 0 saturated carbocycles. The maximum atomic E-state index is 12.8. The van der Waals surface area contributed by atoms with Gasteiger partial charge in [0.15, 0.2) is 6.61 Å². The highest BCUT2D eigenvalue weighted by Crippen LogP contribution is 2.31. The van der Waals surface area contributed by atoms with E-state index in [1.54, 1.807) is 11.3 Å². The number of fused-ring (bicyclic) bond motifs is 1. The highest BCUT2D eigenvalue weighted by molar-refractivity contribution is 7.09. The van der Waals surface area contributed by atoms with Crippen LogP contribution in [0.2, 0.25) is 0 Å². The predicted molar refractivity (Wildman–Crippen MR) is 112 cm³/mol. The van der Waals surface area contributed by atoms with Crippen molar-refractivity contribution < 1.29 is 14.3 Å². The fourth-order valence-corrected chi connectivity index (χ4v) is 4.45. The second kappa shape index (κ2) is 8.51. The monoisotopic (exact) mass is 414 g/mol. The molecule has 2 amide bonds. The predicted octanol–water partition coefficient (Wildman–Crippen LogP) is 2.87. The topological polar surface area (TPSA) is 83.6 Å². The van der Waals surface area contributed by atoms with Crippen LogP contribution in [-0.2, 0) is 16.1 Å². The van der Waals surface area contributed by atoms with Crippen LogP contribution in [0.25, 0.3) is 0 Å². The molecule has 0 spiro atoms. The molecule has 154 valence electrons. The molecule has 0 bridgehead atoms. The maximum absolute atomic E-state index is 12.8. The van der Waals surface area contributed by atoms with Crippen molar-refractivity contribution in [2.45, 2.75) is 39.3 Å². The van der Waals surface area contributed by atoms with Crippen LogP contribution in [0.3, 0.4) is 0 Å². The van der Waals surface area contributed by atoms with Crippen LogP contribution in [0.1, 0.15) is 42.1 Å². The number of nitrogens with zero attached hydrogens (tertiary/aromatic N) is 2. The Labute approximate surface area is 174 Å². The van der Waals surface area contributed by atoms with Gasteiger partial charge in [-0.2, -0.15) is 0 Å². The smallest absolute Gasteiger partial charge is 0.262 e. The molecule has 3 heterocycles. The highest BCUT2D eigenvalue weighted by Gasteiger charge is 2.26. The number of thiazole rings is 1. The number of likely N-dealkylation sites (tertiary alicyclic amines) is 1. The van der Waals surface area contributed by atoms with Crippen molar-refractivity contribution in [3.63, 3.8) is 0 Å². The maximum Gasteiger partial charge on any atom is 0.262 e. The molecular weight excluding hydrogens is 388 g/mol. The van der Waals surface area contributed by atoms with E-state index in [4.69, 9.17) is 4.74 Å². The first-order chi connectivity index (χ1) is 14.0. The van der Waals surface area contributed by atoms with Crippen molar-refractivity contribution in [3.8, 4) is 5.75 Å². The van der Waals surface area contributed by atoms with Crippen molar-refractivity contribution in [1.29, 1.82) is 0 Å². The van der Waals surface area contributed by atoms with E-state index in [1.165, 1.54) is 0 Å². The van der Waals surface area contributed by atoms with Crippen molar-refractivity contribution in [2.24, 2.45) is 5.92 Å². The summed E-state index contributed by atoms with van der Waals surface area (Å²) in [6.07, 6.45) is 1.71. The zero-order valence-corrected chi connectivity index (χ0v) is 17.6. The lowest BCUT2D eigenvalue weighted by molar-refractivity contribution is -0.127. The number of carbonyl (C=O) groups excluding carboxylic acids is 2. The molecule has 1 aromatic carbocycles. The minimum atomic E-state index is -0.161. The number of aromatic nitrogens is 1. The summed E-state index contributed by atoms with van der Waals surface area (Å²) in [5, 5.41) is 9.15. The number of carbonyl (C=O) groups is 2. The number of anilines is 1. The number of amides is 2. The summed E-state index contributed by atoms with van der Waals surface area (Å²) in [6.45, 7) is 6.70. The van der Waals surface area contributed by atoms with Gasteiger partial charge in [0.25, 0.3) is 5.91 Å². The summed E-state index contributed by atoms with van der Waals surface area (Å²) >= 11 is 1.68. The number of hydrogen-bond acceptors (Lipinski definition) is 6. The lowest BCUT2D eigenvalue weighted by atomic mass is 9.95. The van der Waals surface area contributed by atoms with E-state index in [1.807, 2.05) is 32.0 Å². The van der Waals surface area contributed by atoms with Crippen LogP contribution in [0.4, 0.5) is 5.69 Å². The molecule has 2 N–H and O–H groups in total. The van der Waals surface area contributed by atoms with Gasteiger partial charge in [-0.05, 0) is 57.5 Å². The Kier molecular flexibility index (Phi) is 5.82. The average Bonchev–Trinajstić information content (AvgIpc) is 3.12. The number of aryl methyl sites for hydroxylation is 1. The normalized spacial score (nSPS) is 18.5. The van der Waals surface area contributed by atoms with Gasteiger partial charge >= 0.3 is 0 Å². The van der Waals surface area contributed by atoms with E-state index in [-0.39, 0.29) is 30.4 Å². The van der Waals surface area contributed by atoms with Crippen LogP contribution in [0.15, 0.2) is 23.6 Å². The molecule has 8 heteroatoms. The molecule has 29 heavy (non-hydrogen) atoms. The summed E-state index contributed by atoms with van der Waals surface area (Å²) < 4.78 is 5.39. The standard InChI is InChI=1S/C21H26N4O3S/c1-13(16-3-4-19-18(9-16)24-20(26)11-28-19)22-21(27)15-5-7-25(8-6-15)10-17-12-29-14(2)23-17/h3-4,9,12-13,15H,5-8,10-11H2,1-2H3,(H,22,27)(H,24,26). The third kappa shape index (κ3) is 4.76. The van der Waals surface area contributed by atoms with E-state index in [0.717, 1.165) is 48.7 Å².